The minimum Gasteiger partial charge on any atom is -0.382 e. The molecule has 0 aliphatic rings. The van der Waals surface area contributed by atoms with E-state index in [1.54, 1.807) is 23.5 Å². The Morgan fingerprint density at radius 1 is 1.37 bits per heavy atom. The molecule has 19 heavy (non-hydrogen) atoms. The first kappa shape index (κ1) is 13.4. The summed E-state index contributed by atoms with van der Waals surface area (Å²) >= 11 is 1.58. The Morgan fingerprint density at radius 3 is 2.63 bits per heavy atom. The summed E-state index contributed by atoms with van der Waals surface area (Å²) in [5.41, 5.74) is 6.62. The van der Waals surface area contributed by atoms with Gasteiger partial charge in [-0.15, -0.1) is 21.5 Å². The summed E-state index contributed by atoms with van der Waals surface area (Å²) in [5.74, 6) is 0.0176. The smallest absolute Gasteiger partial charge is 0.272 e. The number of nitrogens with one attached hydrogen (secondary N) is 1. The highest BCUT2D eigenvalue weighted by molar-refractivity contribution is 7.11. The molecule has 7 heteroatoms. The van der Waals surface area contributed by atoms with Crippen LogP contribution in [0.25, 0.3) is 0 Å². The molecule has 6 nitrogen and oxygen atoms in total. The van der Waals surface area contributed by atoms with E-state index < -0.39 is 0 Å². The van der Waals surface area contributed by atoms with Gasteiger partial charge in [-0.3, -0.25) is 4.79 Å². The zero-order chi connectivity index (χ0) is 14.0. The van der Waals surface area contributed by atoms with Gasteiger partial charge in [0.1, 0.15) is 5.82 Å². The molecule has 0 aliphatic heterocycles. The molecular formula is C12H15N5OS. The average Bonchev–Trinajstić information content (AvgIpc) is 2.69. The van der Waals surface area contributed by atoms with Gasteiger partial charge in [0, 0.05) is 4.88 Å². The highest BCUT2D eigenvalue weighted by Crippen LogP contribution is 2.24. The number of nitrogen functional groups attached to an aromatic ring is 1. The van der Waals surface area contributed by atoms with Gasteiger partial charge in [0.25, 0.3) is 5.91 Å². The van der Waals surface area contributed by atoms with Gasteiger partial charge in [0.05, 0.1) is 16.7 Å². The number of anilines is 1. The van der Waals surface area contributed by atoms with Crippen molar-refractivity contribution in [2.24, 2.45) is 0 Å². The fourth-order valence-electron chi connectivity index (χ4n) is 1.75. The van der Waals surface area contributed by atoms with Crippen LogP contribution < -0.4 is 11.1 Å². The Bertz CT molecular complexity index is 593. The number of nitrogens with two attached hydrogens (primary N) is 1. The van der Waals surface area contributed by atoms with Crippen molar-refractivity contribution in [1.82, 2.24) is 20.5 Å². The number of aryl methyl sites for hydroxylation is 2. The van der Waals surface area contributed by atoms with E-state index in [2.05, 4.69) is 20.5 Å². The third kappa shape index (κ3) is 3.05. The molecule has 0 bridgehead atoms. The monoisotopic (exact) mass is 277 g/mol. The summed E-state index contributed by atoms with van der Waals surface area (Å²) in [7, 11) is 0. The van der Waals surface area contributed by atoms with Crippen LogP contribution in [0.3, 0.4) is 0 Å². The van der Waals surface area contributed by atoms with Gasteiger partial charge in [-0.1, -0.05) is 0 Å². The first-order valence-electron chi connectivity index (χ1n) is 5.81. The normalized spacial score (nSPS) is 12.2. The van der Waals surface area contributed by atoms with E-state index in [1.165, 1.54) is 0 Å². The van der Waals surface area contributed by atoms with Crippen LogP contribution in [0.2, 0.25) is 0 Å². The van der Waals surface area contributed by atoms with Gasteiger partial charge in [-0.05, 0) is 32.9 Å². The van der Waals surface area contributed by atoms with E-state index in [1.807, 2.05) is 20.8 Å². The number of aromatic nitrogens is 3. The SMILES string of the molecule is Cc1nc(C)c(C(C)NC(=O)c2ccc(N)nn2)s1. The van der Waals surface area contributed by atoms with Crippen LogP contribution in [-0.4, -0.2) is 21.1 Å². The predicted molar refractivity (Wildman–Crippen MR) is 73.9 cm³/mol. The highest BCUT2D eigenvalue weighted by Gasteiger charge is 2.17. The molecule has 0 fully saturated rings. The van der Waals surface area contributed by atoms with Crippen LogP contribution in [-0.2, 0) is 0 Å². The minimum atomic E-state index is -0.273. The van der Waals surface area contributed by atoms with Gasteiger partial charge in [0.15, 0.2) is 5.69 Å². The molecule has 2 rings (SSSR count). The maximum atomic E-state index is 12.0. The maximum Gasteiger partial charge on any atom is 0.272 e. The molecule has 1 amide bonds. The van der Waals surface area contributed by atoms with Crippen LogP contribution in [0.4, 0.5) is 5.82 Å². The number of amides is 1. The van der Waals surface area contributed by atoms with Crippen molar-refractivity contribution in [2.75, 3.05) is 5.73 Å². The number of hydrogen-bond donors (Lipinski definition) is 2. The Hall–Kier alpha value is -2.02. The summed E-state index contributed by atoms with van der Waals surface area (Å²) in [6, 6.07) is 2.99. The summed E-state index contributed by atoms with van der Waals surface area (Å²) in [6.07, 6.45) is 0. The molecule has 0 radical (unpaired) electrons. The van der Waals surface area contributed by atoms with Crippen molar-refractivity contribution in [1.29, 1.82) is 0 Å². The van der Waals surface area contributed by atoms with Crippen molar-refractivity contribution < 1.29 is 4.79 Å². The Kier molecular flexibility index (Phi) is 3.75. The molecule has 0 aliphatic carbocycles. The number of thiazole rings is 1. The molecule has 100 valence electrons. The van der Waals surface area contributed by atoms with Crippen molar-refractivity contribution in [3.63, 3.8) is 0 Å². The maximum absolute atomic E-state index is 12.0. The van der Waals surface area contributed by atoms with Crippen molar-refractivity contribution in [3.8, 4) is 0 Å². The first-order valence-corrected chi connectivity index (χ1v) is 6.63. The van der Waals surface area contributed by atoms with Crippen LogP contribution >= 0.6 is 11.3 Å². The molecule has 3 N–H and O–H groups in total. The van der Waals surface area contributed by atoms with Crippen LogP contribution in [0.15, 0.2) is 12.1 Å². The van der Waals surface area contributed by atoms with E-state index in [4.69, 9.17) is 5.73 Å². The van der Waals surface area contributed by atoms with E-state index in [-0.39, 0.29) is 17.6 Å². The zero-order valence-electron chi connectivity index (χ0n) is 11.0. The van der Waals surface area contributed by atoms with Crippen LogP contribution in [0.5, 0.6) is 0 Å². The number of carbonyl (C=O) groups is 1. The van der Waals surface area contributed by atoms with Gasteiger partial charge in [-0.25, -0.2) is 4.98 Å². The second-order valence-electron chi connectivity index (χ2n) is 4.22. The standard InChI is InChI=1S/C12H15N5OS/c1-6-11(19-8(3)14-6)7(2)15-12(18)9-4-5-10(13)17-16-9/h4-5,7H,1-3H3,(H2,13,17)(H,15,18). The molecule has 0 aromatic carbocycles. The Balaban J connectivity index is 2.10. The third-order valence-electron chi connectivity index (χ3n) is 2.60. The van der Waals surface area contributed by atoms with E-state index in [0.29, 0.717) is 5.82 Å². The highest BCUT2D eigenvalue weighted by atomic mass is 32.1. The summed E-state index contributed by atoms with van der Waals surface area (Å²) in [5, 5.41) is 11.3. The lowest BCUT2D eigenvalue weighted by atomic mass is 10.2. The predicted octanol–water partition coefficient (Wildman–Crippen LogP) is 1.62. The quantitative estimate of drug-likeness (QED) is 0.889. The summed E-state index contributed by atoms with van der Waals surface area (Å²) in [6.45, 7) is 5.80. The van der Waals surface area contributed by atoms with Crippen molar-refractivity contribution in [2.45, 2.75) is 26.8 Å². The lowest BCUT2D eigenvalue weighted by Gasteiger charge is -2.12. The fourth-order valence-corrected chi connectivity index (χ4v) is 2.68. The van der Waals surface area contributed by atoms with Crippen molar-refractivity contribution in [3.05, 3.63) is 33.4 Å². The molecular weight excluding hydrogens is 262 g/mol. The molecule has 1 atom stereocenters. The molecule has 0 saturated carbocycles. The topological polar surface area (TPSA) is 93.8 Å². The van der Waals surface area contributed by atoms with Crippen LogP contribution in [0, 0.1) is 13.8 Å². The van der Waals surface area contributed by atoms with Gasteiger partial charge in [0.2, 0.25) is 0 Å². The molecule has 2 aromatic heterocycles. The molecule has 2 aromatic rings. The van der Waals surface area contributed by atoms with Crippen LogP contribution in [0.1, 0.15) is 39.0 Å². The number of carbonyl (C=O) groups excluding carboxylic acids is 1. The minimum absolute atomic E-state index is 0.113. The third-order valence-corrected chi connectivity index (χ3v) is 3.85. The van der Waals surface area contributed by atoms with Gasteiger partial charge in [-0.2, -0.15) is 0 Å². The van der Waals surface area contributed by atoms with E-state index in [9.17, 15) is 4.79 Å². The molecule has 0 saturated heterocycles. The first-order chi connectivity index (χ1) is 8.97. The van der Waals surface area contributed by atoms with E-state index >= 15 is 0 Å². The fraction of sp³-hybridized carbons (Fsp3) is 0.333. The number of nitrogens with zero attached hydrogens (tertiary/aromatic N) is 3. The summed E-state index contributed by atoms with van der Waals surface area (Å²) < 4.78 is 0. The number of rotatable bonds is 3. The second-order valence-corrected chi connectivity index (χ2v) is 5.46. The number of hydrogen-bond acceptors (Lipinski definition) is 6. The Morgan fingerprint density at radius 2 is 2.11 bits per heavy atom. The van der Waals surface area contributed by atoms with E-state index in [0.717, 1.165) is 15.6 Å². The Labute approximate surface area is 115 Å². The lowest BCUT2D eigenvalue weighted by Crippen LogP contribution is -2.27. The molecule has 1 unspecified atom stereocenters. The molecule has 0 spiro atoms. The second kappa shape index (κ2) is 5.31. The van der Waals surface area contributed by atoms with Gasteiger partial charge >= 0.3 is 0 Å². The lowest BCUT2D eigenvalue weighted by molar-refractivity contribution is 0.0934. The van der Waals surface area contributed by atoms with Gasteiger partial charge < -0.3 is 11.1 Å². The largest absolute Gasteiger partial charge is 0.382 e. The zero-order valence-corrected chi connectivity index (χ0v) is 11.8. The average molecular weight is 277 g/mol. The molecule has 2 heterocycles. The summed E-state index contributed by atoms with van der Waals surface area (Å²) in [4.78, 5) is 17.4. The van der Waals surface area contributed by atoms with Crippen molar-refractivity contribution >= 4 is 23.1 Å².